The Morgan fingerprint density at radius 2 is 1.79 bits per heavy atom. The number of fused-ring (bicyclic) bond motifs is 3. The van der Waals surface area contributed by atoms with Crippen LogP contribution in [0.5, 0.6) is 0 Å². The summed E-state index contributed by atoms with van der Waals surface area (Å²) in [5, 5.41) is 21.4. The summed E-state index contributed by atoms with van der Waals surface area (Å²) in [6.07, 6.45) is 10.00. The summed E-state index contributed by atoms with van der Waals surface area (Å²) >= 11 is 0. The molecular weight excluding hydrogens is 364 g/mol. The van der Waals surface area contributed by atoms with Crippen LogP contribution in [0, 0.1) is 39.4 Å². The second kappa shape index (κ2) is 7.22. The normalized spacial score (nSPS) is 51.2. The van der Waals surface area contributed by atoms with E-state index in [1.54, 1.807) is 0 Å². The maximum atomic E-state index is 13.2. The fraction of sp³-hybridized carbons (Fsp3) is 0.960. The molecule has 0 aromatic carbocycles. The van der Waals surface area contributed by atoms with Crippen LogP contribution in [0.25, 0.3) is 0 Å². The van der Waals surface area contributed by atoms with Gasteiger partial charge in [0.2, 0.25) is 0 Å². The molecule has 4 nitrogen and oxygen atoms in total. The smallest absolute Gasteiger partial charge is 0.312 e. The largest absolute Gasteiger partial charge is 0.465 e. The number of unbranched alkanes of at least 4 members (excludes halogenated alkanes) is 1. The molecule has 2 N–H and O–H groups in total. The number of hydrogen-bond acceptors (Lipinski definition) is 4. The molecule has 4 rings (SSSR count). The van der Waals surface area contributed by atoms with Crippen LogP contribution < -0.4 is 0 Å². The molecular formula is C25H42O4. The minimum absolute atomic E-state index is 0.0116. The zero-order chi connectivity index (χ0) is 21.1. The molecule has 4 saturated carbocycles. The average molecular weight is 407 g/mol. The first-order valence-electron chi connectivity index (χ1n) is 12.1. The SMILES string of the molecule is CCCCOC(=O)[C@]1(C)CCC[C@@]2(C)[C@@H]3CC[C@@]4(C)C[C@]3(CC[C@@H]21)[C@H](CO)[C@H]4O. The van der Waals surface area contributed by atoms with Crippen molar-refractivity contribution in [2.45, 2.75) is 98.0 Å². The molecule has 4 fully saturated rings. The highest BCUT2D eigenvalue weighted by atomic mass is 16.5. The van der Waals surface area contributed by atoms with Crippen LogP contribution >= 0.6 is 0 Å². The maximum Gasteiger partial charge on any atom is 0.312 e. The highest BCUT2D eigenvalue weighted by molar-refractivity contribution is 5.77. The minimum Gasteiger partial charge on any atom is -0.465 e. The van der Waals surface area contributed by atoms with Gasteiger partial charge < -0.3 is 14.9 Å². The van der Waals surface area contributed by atoms with E-state index in [1.165, 1.54) is 0 Å². The van der Waals surface area contributed by atoms with Gasteiger partial charge in [-0.3, -0.25) is 4.79 Å². The Hall–Kier alpha value is -0.610. The Bertz CT molecular complexity index is 649. The molecule has 0 aliphatic heterocycles. The molecule has 0 unspecified atom stereocenters. The standard InChI is InChI=1S/C25H42O4/c1-5-6-14-29-21(28)24(4)11-7-10-23(3)18(24)9-13-25-16-22(2,12-8-19(23)25)20(27)17(25)15-26/h17-20,26-27H,5-16H2,1-4H3/t17-,18+,19+,20-,22+,23-,24-,25-/m1/s1. The Morgan fingerprint density at radius 3 is 2.48 bits per heavy atom. The van der Waals surface area contributed by atoms with E-state index < -0.39 is 11.5 Å². The summed E-state index contributed by atoms with van der Waals surface area (Å²) in [6.45, 7) is 9.58. The van der Waals surface area contributed by atoms with E-state index in [2.05, 4.69) is 27.7 Å². The van der Waals surface area contributed by atoms with Crippen LogP contribution in [0.2, 0.25) is 0 Å². The van der Waals surface area contributed by atoms with Crippen molar-refractivity contribution in [3.63, 3.8) is 0 Å². The molecule has 4 aliphatic rings. The van der Waals surface area contributed by atoms with Crippen molar-refractivity contribution in [2.75, 3.05) is 13.2 Å². The Kier molecular flexibility index (Phi) is 5.38. The molecule has 2 bridgehead atoms. The number of esters is 1. The Balaban J connectivity index is 1.66. The first-order chi connectivity index (χ1) is 13.7. The fourth-order valence-electron chi connectivity index (χ4n) is 8.99. The third-order valence-corrected chi connectivity index (χ3v) is 10.3. The van der Waals surface area contributed by atoms with Gasteiger partial charge in [0.1, 0.15) is 0 Å². The van der Waals surface area contributed by atoms with Crippen molar-refractivity contribution < 1.29 is 19.7 Å². The predicted molar refractivity (Wildman–Crippen MR) is 113 cm³/mol. The minimum atomic E-state index is -0.397. The van der Waals surface area contributed by atoms with Crippen molar-refractivity contribution in [2.24, 2.45) is 39.4 Å². The van der Waals surface area contributed by atoms with Gasteiger partial charge in [-0.2, -0.15) is 0 Å². The van der Waals surface area contributed by atoms with E-state index in [4.69, 9.17) is 4.74 Å². The molecule has 8 atom stereocenters. The van der Waals surface area contributed by atoms with E-state index >= 15 is 0 Å². The summed E-state index contributed by atoms with van der Waals surface area (Å²) in [5.74, 6) is 0.834. The third-order valence-electron chi connectivity index (χ3n) is 10.3. The Labute approximate surface area is 176 Å². The van der Waals surface area contributed by atoms with Crippen molar-refractivity contribution in [3.8, 4) is 0 Å². The Morgan fingerprint density at radius 1 is 1.07 bits per heavy atom. The molecule has 0 aromatic heterocycles. The van der Waals surface area contributed by atoms with Crippen molar-refractivity contribution in [1.82, 2.24) is 0 Å². The topological polar surface area (TPSA) is 66.8 Å². The number of hydrogen-bond donors (Lipinski definition) is 2. The van der Waals surface area contributed by atoms with Crippen LogP contribution in [0.1, 0.15) is 91.9 Å². The second-order valence-electron chi connectivity index (χ2n) is 11.7. The molecule has 4 heteroatoms. The van der Waals surface area contributed by atoms with Gasteiger partial charge in [0.15, 0.2) is 0 Å². The number of aliphatic hydroxyl groups excluding tert-OH is 2. The van der Waals surface area contributed by atoms with Gasteiger partial charge in [0.25, 0.3) is 0 Å². The highest BCUT2D eigenvalue weighted by Crippen LogP contribution is 2.75. The zero-order valence-corrected chi connectivity index (χ0v) is 19.0. The van der Waals surface area contributed by atoms with Crippen molar-refractivity contribution in [3.05, 3.63) is 0 Å². The summed E-state index contributed by atoms with van der Waals surface area (Å²) in [6, 6.07) is 0. The van der Waals surface area contributed by atoms with Crippen molar-refractivity contribution >= 4 is 5.97 Å². The molecule has 1 spiro atoms. The van der Waals surface area contributed by atoms with Crippen LogP contribution in [0.15, 0.2) is 0 Å². The van der Waals surface area contributed by atoms with Gasteiger partial charge in [0, 0.05) is 12.5 Å². The molecule has 0 saturated heterocycles. The van der Waals surface area contributed by atoms with Gasteiger partial charge in [-0.05, 0) is 86.4 Å². The van der Waals surface area contributed by atoms with E-state index in [0.717, 1.165) is 64.2 Å². The molecule has 4 aliphatic carbocycles. The van der Waals surface area contributed by atoms with Gasteiger partial charge >= 0.3 is 5.97 Å². The number of aliphatic hydroxyl groups is 2. The zero-order valence-electron chi connectivity index (χ0n) is 19.0. The van der Waals surface area contributed by atoms with E-state index in [9.17, 15) is 15.0 Å². The van der Waals surface area contributed by atoms with Crippen LogP contribution in [0.3, 0.4) is 0 Å². The predicted octanol–water partition coefficient (Wildman–Crippen LogP) is 4.71. The van der Waals surface area contributed by atoms with Gasteiger partial charge in [0.05, 0.1) is 18.1 Å². The molecule has 0 heterocycles. The summed E-state index contributed by atoms with van der Waals surface area (Å²) in [4.78, 5) is 13.2. The van der Waals surface area contributed by atoms with E-state index in [0.29, 0.717) is 18.4 Å². The van der Waals surface area contributed by atoms with Crippen LogP contribution in [0.4, 0.5) is 0 Å². The molecule has 0 aromatic rings. The molecule has 0 radical (unpaired) electrons. The number of carbonyl (C=O) groups is 1. The summed E-state index contributed by atoms with van der Waals surface area (Å²) < 4.78 is 5.77. The van der Waals surface area contributed by atoms with Gasteiger partial charge in [-0.25, -0.2) is 0 Å². The van der Waals surface area contributed by atoms with Crippen molar-refractivity contribution in [1.29, 1.82) is 0 Å². The summed E-state index contributed by atoms with van der Waals surface area (Å²) in [5.41, 5.74) is -0.316. The highest BCUT2D eigenvalue weighted by Gasteiger charge is 2.71. The van der Waals surface area contributed by atoms with E-state index in [1.807, 2.05) is 0 Å². The lowest BCUT2D eigenvalue weighted by Gasteiger charge is -2.64. The molecule has 0 amide bonds. The average Bonchev–Trinajstić information content (AvgIpc) is 2.82. The van der Waals surface area contributed by atoms with Gasteiger partial charge in [-0.15, -0.1) is 0 Å². The summed E-state index contributed by atoms with van der Waals surface area (Å²) in [7, 11) is 0. The van der Waals surface area contributed by atoms with Gasteiger partial charge in [-0.1, -0.05) is 33.6 Å². The maximum absolute atomic E-state index is 13.2. The molecule has 166 valence electrons. The fourth-order valence-corrected chi connectivity index (χ4v) is 8.99. The monoisotopic (exact) mass is 406 g/mol. The first kappa shape index (κ1) is 21.6. The first-order valence-corrected chi connectivity index (χ1v) is 12.1. The quantitative estimate of drug-likeness (QED) is 0.512. The number of carbonyl (C=O) groups excluding carboxylic acids is 1. The third kappa shape index (κ3) is 2.87. The second-order valence-corrected chi connectivity index (χ2v) is 11.7. The number of ether oxygens (including phenoxy) is 1. The molecule has 29 heavy (non-hydrogen) atoms. The van der Waals surface area contributed by atoms with E-state index in [-0.39, 0.29) is 34.7 Å². The lowest BCUT2D eigenvalue weighted by molar-refractivity contribution is -0.193. The lowest BCUT2D eigenvalue weighted by atomic mass is 9.39. The number of rotatable bonds is 5. The van der Waals surface area contributed by atoms with Crippen LogP contribution in [-0.2, 0) is 9.53 Å². The lowest BCUT2D eigenvalue weighted by Crippen LogP contribution is -2.60. The van der Waals surface area contributed by atoms with Crippen LogP contribution in [-0.4, -0.2) is 35.5 Å².